The van der Waals surface area contributed by atoms with E-state index in [4.69, 9.17) is 33.2 Å². The minimum absolute atomic E-state index is 0.00332. The van der Waals surface area contributed by atoms with Gasteiger partial charge in [-0.3, -0.25) is 4.79 Å². The fourth-order valence-electron chi connectivity index (χ4n) is 4.64. The van der Waals surface area contributed by atoms with Gasteiger partial charge in [0.05, 0.1) is 17.3 Å². The molecule has 0 bridgehead atoms. The number of fused-ring (bicyclic) bond motifs is 1. The Bertz CT molecular complexity index is 1420. The Morgan fingerprint density at radius 1 is 0.973 bits per heavy atom. The zero-order valence-corrected chi connectivity index (χ0v) is 22.6. The second-order valence-corrected chi connectivity index (χ2v) is 10.7. The van der Waals surface area contributed by atoms with E-state index in [9.17, 15) is 4.79 Å². The average Bonchev–Trinajstić information content (AvgIpc) is 3.15. The van der Waals surface area contributed by atoms with Gasteiger partial charge in [-0.1, -0.05) is 49.2 Å². The van der Waals surface area contributed by atoms with Gasteiger partial charge in [-0.2, -0.15) is 5.10 Å². The summed E-state index contributed by atoms with van der Waals surface area (Å²) in [6.45, 7) is 7.15. The van der Waals surface area contributed by atoms with Crippen molar-refractivity contribution in [2.45, 2.75) is 33.1 Å². The topological polar surface area (TPSA) is 67.2 Å². The SMILES string of the molecule is CC(C)CCc1nc(N2CCCN(C(=O)c3cccc(Cl)c3)CC2)c2cnn(-c3cccc(Cl)c3)c2n1. The summed E-state index contributed by atoms with van der Waals surface area (Å²) in [5.41, 5.74) is 2.24. The Morgan fingerprint density at radius 2 is 1.76 bits per heavy atom. The number of amides is 1. The highest BCUT2D eigenvalue weighted by atomic mass is 35.5. The molecule has 1 saturated heterocycles. The molecule has 2 aromatic heterocycles. The maximum absolute atomic E-state index is 13.2. The van der Waals surface area contributed by atoms with Gasteiger partial charge in [0.15, 0.2) is 5.65 Å². The lowest BCUT2D eigenvalue weighted by Crippen LogP contribution is -2.35. The molecule has 0 unspecified atom stereocenters. The number of halogens is 2. The summed E-state index contributed by atoms with van der Waals surface area (Å²) in [4.78, 5) is 27.3. The first kappa shape index (κ1) is 25.5. The summed E-state index contributed by atoms with van der Waals surface area (Å²) < 4.78 is 1.83. The lowest BCUT2D eigenvalue weighted by Gasteiger charge is -2.24. The maximum atomic E-state index is 13.2. The molecule has 7 nitrogen and oxygen atoms in total. The zero-order valence-electron chi connectivity index (χ0n) is 21.1. The fourth-order valence-corrected chi connectivity index (χ4v) is 5.02. The molecule has 0 N–H and O–H groups in total. The number of nitrogens with zero attached hydrogens (tertiary/aromatic N) is 6. The molecule has 192 valence electrons. The van der Waals surface area contributed by atoms with Crippen LogP contribution in [0.2, 0.25) is 10.0 Å². The van der Waals surface area contributed by atoms with Gasteiger partial charge in [0.25, 0.3) is 5.91 Å². The molecule has 1 aliphatic rings. The highest BCUT2D eigenvalue weighted by molar-refractivity contribution is 6.31. The van der Waals surface area contributed by atoms with Crippen LogP contribution in [0.1, 0.15) is 42.9 Å². The van der Waals surface area contributed by atoms with Gasteiger partial charge < -0.3 is 9.80 Å². The second kappa shape index (κ2) is 11.1. The van der Waals surface area contributed by atoms with Crippen LogP contribution in [0.5, 0.6) is 0 Å². The Kier molecular flexibility index (Phi) is 7.63. The maximum Gasteiger partial charge on any atom is 0.253 e. The first-order valence-electron chi connectivity index (χ1n) is 12.7. The third kappa shape index (κ3) is 5.73. The zero-order chi connectivity index (χ0) is 25.9. The summed E-state index contributed by atoms with van der Waals surface area (Å²) in [6, 6.07) is 14.7. The van der Waals surface area contributed by atoms with E-state index < -0.39 is 0 Å². The monoisotopic (exact) mass is 536 g/mol. The molecule has 0 spiro atoms. The van der Waals surface area contributed by atoms with Crippen LogP contribution in [-0.4, -0.2) is 56.7 Å². The number of rotatable bonds is 6. The normalized spacial score (nSPS) is 14.4. The molecule has 2 aromatic carbocycles. The first-order valence-corrected chi connectivity index (χ1v) is 13.4. The number of benzene rings is 2. The van der Waals surface area contributed by atoms with Crippen molar-refractivity contribution in [1.29, 1.82) is 0 Å². The number of anilines is 1. The van der Waals surface area contributed by atoms with Gasteiger partial charge in [-0.25, -0.2) is 14.6 Å². The van der Waals surface area contributed by atoms with Crippen molar-refractivity contribution in [3.8, 4) is 5.69 Å². The Morgan fingerprint density at radius 3 is 2.51 bits per heavy atom. The molecule has 0 saturated carbocycles. The summed E-state index contributed by atoms with van der Waals surface area (Å²) in [5.74, 6) is 2.22. The van der Waals surface area contributed by atoms with Crippen molar-refractivity contribution < 1.29 is 4.79 Å². The molecule has 4 aromatic rings. The van der Waals surface area contributed by atoms with E-state index in [-0.39, 0.29) is 5.91 Å². The number of carbonyl (C=O) groups is 1. The van der Waals surface area contributed by atoms with Gasteiger partial charge in [0.1, 0.15) is 11.6 Å². The van der Waals surface area contributed by atoms with E-state index >= 15 is 0 Å². The summed E-state index contributed by atoms with van der Waals surface area (Å²) in [7, 11) is 0. The van der Waals surface area contributed by atoms with Crippen molar-refractivity contribution >= 4 is 46.0 Å². The van der Waals surface area contributed by atoms with Gasteiger partial charge >= 0.3 is 0 Å². The quantitative estimate of drug-likeness (QED) is 0.299. The molecule has 1 aliphatic heterocycles. The molecular formula is C28H30Cl2N6O. The number of hydrogen-bond donors (Lipinski definition) is 0. The van der Waals surface area contributed by atoms with Crippen molar-refractivity contribution in [1.82, 2.24) is 24.6 Å². The van der Waals surface area contributed by atoms with Crippen LogP contribution in [0.4, 0.5) is 5.82 Å². The fraction of sp³-hybridized carbons (Fsp3) is 0.357. The van der Waals surface area contributed by atoms with Gasteiger partial charge in [-0.05, 0) is 55.2 Å². The number of aryl methyl sites for hydroxylation is 1. The first-order chi connectivity index (χ1) is 17.9. The lowest BCUT2D eigenvalue weighted by molar-refractivity contribution is 0.0767. The van der Waals surface area contributed by atoms with E-state index in [0.29, 0.717) is 41.2 Å². The summed E-state index contributed by atoms with van der Waals surface area (Å²) in [6.07, 6.45) is 4.45. The molecule has 0 radical (unpaired) electrons. The van der Waals surface area contributed by atoms with Crippen LogP contribution < -0.4 is 4.90 Å². The van der Waals surface area contributed by atoms with Crippen LogP contribution in [0.3, 0.4) is 0 Å². The Labute approximate surface area is 227 Å². The van der Waals surface area contributed by atoms with E-state index in [2.05, 4.69) is 23.8 Å². The third-order valence-electron chi connectivity index (χ3n) is 6.61. The molecule has 1 fully saturated rings. The minimum Gasteiger partial charge on any atom is -0.354 e. The van der Waals surface area contributed by atoms with E-state index in [1.54, 1.807) is 12.1 Å². The van der Waals surface area contributed by atoms with E-state index in [0.717, 1.165) is 54.2 Å². The summed E-state index contributed by atoms with van der Waals surface area (Å²) >= 11 is 12.4. The molecule has 9 heteroatoms. The molecule has 0 aliphatic carbocycles. The third-order valence-corrected chi connectivity index (χ3v) is 7.08. The largest absolute Gasteiger partial charge is 0.354 e. The Balaban J connectivity index is 1.47. The predicted molar refractivity (Wildman–Crippen MR) is 149 cm³/mol. The van der Waals surface area contributed by atoms with Gasteiger partial charge in [0, 0.05) is 48.2 Å². The molecule has 3 heterocycles. The van der Waals surface area contributed by atoms with E-state index in [1.165, 1.54) is 0 Å². The van der Waals surface area contributed by atoms with Crippen LogP contribution in [-0.2, 0) is 6.42 Å². The van der Waals surface area contributed by atoms with Crippen molar-refractivity contribution in [3.05, 3.63) is 76.2 Å². The van der Waals surface area contributed by atoms with Crippen LogP contribution in [0.15, 0.2) is 54.7 Å². The second-order valence-electron chi connectivity index (χ2n) is 9.81. The van der Waals surface area contributed by atoms with Crippen LogP contribution >= 0.6 is 23.2 Å². The van der Waals surface area contributed by atoms with Crippen molar-refractivity contribution in [2.24, 2.45) is 5.92 Å². The molecule has 5 rings (SSSR count). The highest BCUT2D eigenvalue weighted by Gasteiger charge is 2.24. The number of hydrogen-bond acceptors (Lipinski definition) is 5. The van der Waals surface area contributed by atoms with Crippen molar-refractivity contribution in [2.75, 3.05) is 31.1 Å². The predicted octanol–water partition coefficient (Wildman–Crippen LogP) is 6.06. The lowest BCUT2D eigenvalue weighted by atomic mass is 10.1. The van der Waals surface area contributed by atoms with Crippen LogP contribution in [0, 0.1) is 5.92 Å². The minimum atomic E-state index is 0.00332. The standard InChI is InChI=1S/C28H30Cl2N6O/c1-19(2)10-11-25-32-26(24-18-31-36(27(24)33-25)23-9-4-8-22(30)17-23)34-12-5-13-35(15-14-34)28(37)20-6-3-7-21(29)16-20/h3-4,6-9,16-19H,5,10-15H2,1-2H3. The van der Waals surface area contributed by atoms with Crippen LogP contribution in [0.25, 0.3) is 16.7 Å². The van der Waals surface area contributed by atoms with Gasteiger partial charge in [-0.15, -0.1) is 0 Å². The highest BCUT2D eigenvalue weighted by Crippen LogP contribution is 2.28. The summed E-state index contributed by atoms with van der Waals surface area (Å²) in [5, 5.41) is 6.77. The molecule has 37 heavy (non-hydrogen) atoms. The Hall–Kier alpha value is -3.16. The smallest absolute Gasteiger partial charge is 0.253 e. The number of carbonyl (C=O) groups excluding carboxylic acids is 1. The molecule has 0 atom stereocenters. The number of aromatic nitrogens is 4. The van der Waals surface area contributed by atoms with Gasteiger partial charge in [0.2, 0.25) is 0 Å². The van der Waals surface area contributed by atoms with Crippen molar-refractivity contribution in [3.63, 3.8) is 0 Å². The molecular weight excluding hydrogens is 507 g/mol. The van der Waals surface area contributed by atoms with E-state index in [1.807, 2.05) is 52.2 Å². The molecule has 1 amide bonds. The average molecular weight is 537 g/mol.